The number of hydrogen-bond acceptors (Lipinski definition) is 7. The van der Waals surface area contributed by atoms with Crippen molar-refractivity contribution >= 4 is 17.3 Å². The van der Waals surface area contributed by atoms with Gasteiger partial charge < -0.3 is 20.1 Å². The average Bonchev–Trinajstić information content (AvgIpc) is 3.27. The molecule has 5 rings (SSSR count). The number of nitrogens with zero attached hydrogens (tertiary/aromatic N) is 3. The van der Waals surface area contributed by atoms with Gasteiger partial charge in [-0.25, -0.2) is 9.97 Å². The molecule has 1 aliphatic rings. The van der Waals surface area contributed by atoms with Crippen molar-refractivity contribution in [2.45, 2.75) is 6.54 Å². The van der Waals surface area contributed by atoms with Crippen LogP contribution in [0.4, 0.5) is 17.3 Å². The summed E-state index contributed by atoms with van der Waals surface area (Å²) in [6.07, 6.45) is 3.59. The third-order valence-electron chi connectivity index (χ3n) is 4.60. The minimum atomic E-state index is 0.243. The van der Waals surface area contributed by atoms with Gasteiger partial charge in [-0.2, -0.15) is 0 Å². The lowest BCUT2D eigenvalue weighted by atomic mass is 10.2. The molecule has 2 aromatic heterocycles. The van der Waals surface area contributed by atoms with E-state index < -0.39 is 0 Å². The van der Waals surface area contributed by atoms with Crippen LogP contribution in [0.5, 0.6) is 11.5 Å². The van der Waals surface area contributed by atoms with E-state index in [0.29, 0.717) is 23.9 Å². The summed E-state index contributed by atoms with van der Waals surface area (Å²) in [5.74, 6) is 3.49. The van der Waals surface area contributed by atoms with Gasteiger partial charge in [0.15, 0.2) is 17.3 Å². The van der Waals surface area contributed by atoms with Gasteiger partial charge in [0.05, 0.1) is 0 Å². The van der Waals surface area contributed by atoms with Crippen molar-refractivity contribution in [2.75, 3.05) is 17.4 Å². The summed E-state index contributed by atoms with van der Waals surface area (Å²) in [4.78, 5) is 13.5. The number of aromatic nitrogens is 3. The molecule has 0 spiro atoms. The fourth-order valence-corrected chi connectivity index (χ4v) is 3.14. The predicted octanol–water partition coefficient (Wildman–Crippen LogP) is 4.62. The Labute approximate surface area is 173 Å². The summed E-state index contributed by atoms with van der Waals surface area (Å²) in [5.41, 5.74) is 2.87. The minimum Gasteiger partial charge on any atom is -0.454 e. The monoisotopic (exact) mass is 397 g/mol. The topological polar surface area (TPSA) is 81.2 Å². The molecular weight excluding hydrogens is 378 g/mol. The zero-order valence-corrected chi connectivity index (χ0v) is 16.1. The van der Waals surface area contributed by atoms with E-state index in [1.165, 1.54) is 0 Å². The van der Waals surface area contributed by atoms with E-state index >= 15 is 0 Å². The van der Waals surface area contributed by atoms with Crippen LogP contribution >= 0.6 is 0 Å². The highest BCUT2D eigenvalue weighted by Crippen LogP contribution is 2.35. The van der Waals surface area contributed by atoms with Gasteiger partial charge in [0.2, 0.25) is 6.79 Å². The Morgan fingerprint density at radius 3 is 2.57 bits per heavy atom. The second-order valence-corrected chi connectivity index (χ2v) is 6.74. The Bertz CT molecular complexity index is 1150. The Hall–Kier alpha value is -4.13. The maximum atomic E-state index is 5.47. The van der Waals surface area contributed by atoms with Gasteiger partial charge in [-0.1, -0.05) is 36.4 Å². The van der Waals surface area contributed by atoms with Crippen LogP contribution in [0.25, 0.3) is 11.4 Å². The number of nitrogens with one attached hydrogen (secondary N) is 2. The van der Waals surface area contributed by atoms with Crippen LogP contribution < -0.4 is 20.1 Å². The lowest BCUT2D eigenvalue weighted by Gasteiger charge is -2.12. The Morgan fingerprint density at radius 2 is 1.70 bits per heavy atom. The van der Waals surface area contributed by atoms with Gasteiger partial charge in [0.1, 0.15) is 11.6 Å². The normalized spacial score (nSPS) is 11.9. The number of fused-ring (bicyclic) bond motifs is 1. The maximum Gasteiger partial charge on any atom is 0.231 e. The molecule has 7 nitrogen and oxygen atoms in total. The van der Waals surface area contributed by atoms with Crippen molar-refractivity contribution in [3.63, 3.8) is 0 Å². The first-order chi connectivity index (χ1) is 14.8. The first-order valence-corrected chi connectivity index (χ1v) is 9.57. The largest absolute Gasteiger partial charge is 0.454 e. The third kappa shape index (κ3) is 4.00. The number of ether oxygens (including phenoxy) is 2. The molecule has 30 heavy (non-hydrogen) atoms. The average molecular weight is 397 g/mol. The number of anilines is 3. The van der Waals surface area contributed by atoms with Gasteiger partial charge in [-0.15, -0.1) is 0 Å². The van der Waals surface area contributed by atoms with E-state index in [9.17, 15) is 0 Å². The molecule has 0 unspecified atom stereocenters. The van der Waals surface area contributed by atoms with Gasteiger partial charge in [-0.05, 0) is 23.8 Å². The van der Waals surface area contributed by atoms with E-state index in [1.54, 1.807) is 6.20 Å². The third-order valence-corrected chi connectivity index (χ3v) is 4.60. The van der Waals surface area contributed by atoms with Gasteiger partial charge in [-0.3, -0.25) is 4.98 Å². The van der Waals surface area contributed by atoms with Crippen LogP contribution in [-0.4, -0.2) is 21.7 Å². The molecule has 0 saturated carbocycles. The minimum absolute atomic E-state index is 0.243. The summed E-state index contributed by atoms with van der Waals surface area (Å²) >= 11 is 0. The molecule has 0 fully saturated rings. The number of rotatable bonds is 6. The molecule has 0 radical (unpaired) electrons. The quantitative estimate of drug-likeness (QED) is 0.491. The molecule has 4 aromatic rings. The van der Waals surface area contributed by atoms with Crippen LogP contribution in [-0.2, 0) is 6.54 Å². The fourth-order valence-electron chi connectivity index (χ4n) is 3.14. The molecule has 0 saturated heterocycles. The number of benzene rings is 2. The Kier molecular flexibility index (Phi) is 4.83. The SMILES string of the molecule is c1ccc(-c2nc(NCc3cccnc3)cc(Nc3ccc4c(c3)OCO4)n2)cc1. The first-order valence-electron chi connectivity index (χ1n) is 9.57. The van der Waals surface area contributed by atoms with Crippen molar-refractivity contribution in [2.24, 2.45) is 0 Å². The molecule has 0 bridgehead atoms. The second-order valence-electron chi connectivity index (χ2n) is 6.74. The summed E-state index contributed by atoms with van der Waals surface area (Å²) in [6, 6.07) is 21.4. The maximum absolute atomic E-state index is 5.47. The van der Waals surface area contributed by atoms with E-state index in [-0.39, 0.29) is 6.79 Å². The molecule has 0 aliphatic carbocycles. The summed E-state index contributed by atoms with van der Waals surface area (Å²) < 4.78 is 10.9. The predicted molar refractivity (Wildman–Crippen MR) is 115 cm³/mol. The highest BCUT2D eigenvalue weighted by atomic mass is 16.7. The van der Waals surface area contributed by atoms with Crippen LogP contribution in [0.3, 0.4) is 0 Å². The lowest BCUT2D eigenvalue weighted by Crippen LogP contribution is -2.05. The van der Waals surface area contributed by atoms with Crippen molar-refractivity contribution < 1.29 is 9.47 Å². The molecule has 2 N–H and O–H groups in total. The van der Waals surface area contributed by atoms with Crippen LogP contribution in [0.15, 0.2) is 79.1 Å². The second kappa shape index (κ2) is 8.08. The van der Waals surface area contributed by atoms with Gasteiger partial charge in [0.25, 0.3) is 0 Å². The molecule has 3 heterocycles. The standard InChI is InChI=1S/C23H19N5O2/c1-2-6-17(7-3-1)23-27-21(25-14-16-5-4-10-24-13-16)12-22(28-23)26-18-8-9-19-20(11-18)30-15-29-19/h1-13H,14-15H2,(H2,25,26,27,28). The molecule has 0 amide bonds. The van der Waals surface area contributed by atoms with Gasteiger partial charge >= 0.3 is 0 Å². The van der Waals surface area contributed by atoms with Crippen molar-refractivity contribution in [1.29, 1.82) is 0 Å². The lowest BCUT2D eigenvalue weighted by molar-refractivity contribution is 0.174. The summed E-state index contributed by atoms with van der Waals surface area (Å²) in [5, 5.41) is 6.71. The first kappa shape index (κ1) is 17.9. The van der Waals surface area contributed by atoms with Crippen molar-refractivity contribution in [3.8, 4) is 22.9 Å². The highest BCUT2D eigenvalue weighted by Gasteiger charge is 2.14. The molecule has 0 atom stereocenters. The van der Waals surface area contributed by atoms with Gasteiger partial charge in [0, 0.05) is 42.3 Å². The van der Waals surface area contributed by atoms with Crippen LogP contribution in [0, 0.1) is 0 Å². The number of hydrogen-bond donors (Lipinski definition) is 2. The molecular formula is C23H19N5O2. The Balaban J connectivity index is 1.44. The fraction of sp³-hybridized carbons (Fsp3) is 0.0870. The molecule has 2 aromatic carbocycles. The van der Waals surface area contributed by atoms with Crippen molar-refractivity contribution in [1.82, 2.24) is 15.0 Å². The molecule has 148 valence electrons. The zero-order chi connectivity index (χ0) is 20.2. The van der Waals surface area contributed by atoms with E-state index in [0.717, 1.165) is 28.4 Å². The van der Waals surface area contributed by atoms with E-state index in [1.807, 2.05) is 72.9 Å². The highest BCUT2D eigenvalue weighted by molar-refractivity contribution is 5.67. The summed E-state index contributed by atoms with van der Waals surface area (Å²) in [6.45, 7) is 0.857. The molecule has 7 heteroatoms. The van der Waals surface area contributed by atoms with Crippen LogP contribution in [0.1, 0.15) is 5.56 Å². The zero-order valence-electron chi connectivity index (χ0n) is 16.1. The Morgan fingerprint density at radius 1 is 0.833 bits per heavy atom. The van der Waals surface area contributed by atoms with Crippen molar-refractivity contribution in [3.05, 3.63) is 84.7 Å². The van der Waals surface area contributed by atoms with Crippen LogP contribution in [0.2, 0.25) is 0 Å². The molecule has 1 aliphatic heterocycles. The smallest absolute Gasteiger partial charge is 0.231 e. The van der Waals surface area contributed by atoms with E-state index in [2.05, 4.69) is 15.6 Å². The van der Waals surface area contributed by atoms with E-state index in [4.69, 9.17) is 19.4 Å². The number of pyridine rings is 1. The summed E-state index contributed by atoms with van der Waals surface area (Å²) in [7, 11) is 0.